The first-order valence-corrected chi connectivity index (χ1v) is 10.1. The smallest absolute Gasteiger partial charge is 0.242 e. The number of nitrogens with one attached hydrogen (secondary N) is 1. The fourth-order valence-corrected chi connectivity index (χ4v) is 6.53. The van der Waals surface area contributed by atoms with Gasteiger partial charge in [0.05, 0.1) is 28.9 Å². The maximum atomic E-state index is 13.4. The van der Waals surface area contributed by atoms with Gasteiger partial charge in [0.25, 0.3) is 0 Å². The van der Waals surface area contributed by atoms with E-state index in [9.17, 15) is 4.79 Å². The minimum absolute atomic E-state index is 0.106. The number of carbonyl (C=O) groups is 1. The lowest BCUT2D eigenvalue weighted by molar-refractivity contribution is -0.156. The standard InChI is InChI=1S/C19H25ClN6O/c1-12-3-15(25(2)23-12)9-21-16(27)18-5-13-4-14(6-18)8-19(7-13,10-18)26-11-22-17(20)24-26/h3,11,13-14H,4-10H2,1-2H3,(H,21,27). The van der Waals surface area contributed by atoms with Gasteiger partial charge in [-0.05, 0) is 75.0 Å². The van der Waals surface area contributed by atoms with Crippen LogP contribution in [0.3, 0.4) is 0 Å². The van der Waals surface area contributed by atoms with Gasteiger partial charge >= 0.3 is 0 Å². The van der Waals surface area contributed by atoms with Gasteiger partial charge < -0.3 is 5.32 Å². The van der Waals surface area contributed by atoms with Crippen LogP contribution in [0, 0.1) is 24.2 Å². The third kappa shape index (κ3) is 2.70. The van der Waals surface area contributed by atoms with Crippen molar-refractivity contribution in [2.24, 2.45) is 24.3 Å². The Labute approximate surface area is 163 Å². The van der Waals surface area contributed by atoms with Crippen LogP contribution in [-0.2, 0) is 23.9 Å². The van der Waals surface area contributed by atoms with E-state index in [4.69, 9.17) is 11.6 Å². The van der Waals surface area contributed by atoms with E-state index in [1.807, 2.05) is 29.4 Å². The number of hydrogen-bond donors (Lipinski definition) is 1. The number of aryl methyl sites for hydroxylation is 2. The molecule has 2 aromatic rings. The second-order valence-electron chi connectivity index (χ2n) is 9.01. The van der Waals surface area contributed by atoms with Crippen molar-refractivity contribution in [1.82, 2.24) is 29.9 Å². The number of aromatic nitrogens is 5. The molecule has 0 saturated heterocycles. The zero-order chi connectivity index (χ0) is 18.8. The Morgan fingerprint density at radius 2 is 2.04 bits per heavy atom. The predicted molar refractivity (Wildman–Crippen MR) is 99.9 cm³/mol. The Morgan fingerprint density at radius 3 is 2.63 bits per heavy atom. The van der Waals surface area contributed by atoms with Gasteiger partial charge in [0.15, 0.2) is 0 Å². The zero-order valence-corrected chi connectivity index (χ0v) is 16.5. The van der Waals surface area contributed by atoms with E-state index in [-0.39, 0.29) is 22.1 Å². The number of hydrogen-bond acceptors (Lipinski definition) is 4. The van der Waals surface area contributed by atoms with Gasteiger partial charge in [-0.15, -0.1) is 5.10 Å². The number of amides is 1. The molecule has 8 heteroatoms. The molecule has 4 saturated carbocycles. The highest BCUT2D eigenvalue weighted by Crippen LogP contribution is 2.64. The molecule has 2 atom stereocenters. The van der Waals surface area contributed by atoms with Gasteiger partial charge in [-0.2, -0.15) is 5.10 Å². The minimum Gasteiger partial charge on any atom is -0.350 e. The van der Waals surface area contributed by atoms with Crippen LogP contribution in [-0.4, -0.2) is 30.5 Å². The van der Waals surface area contributed by atoms with Crippen molar-refractivity contribution in [3.05, 3.63) is 29.1 Å². The van der Waals surface area contributed by atoms with Crippen molar-refractivity contribution in [2.75, 3.05) is 0 Å². The van der Waals surface area contributed by atoms with Crippen molar-refractivity contribution in [3.8, 4) is 0 Å². The molecule has 2 aromatic heterocycles. The Morgan fingerprint density at radius 1 is 1.30 bits per heavy atom. The first kappa shape index (κ1) is 17.2. The SMILES string of the molecule is Cc1cc(CNC(=O)C23CC4CC(C2)CC(n2cnc(Cl)n2)(C4)C3)n(C)n1. The van der Waals surface area contributed by atoms with Gasteiger partial charge in [0.2, 0.25) is 11.2 Å². The van der Waals surface area contributed by atoms with Gasteiger partial charge in [-0.25, -0.2) is 9.67 Å². The predicted octanol–water partition coefficient (Wildman–Crippen LogP) is 2.59. The fourth-order valence-electron chi connectivity index (χ4n) is 6.41. The van der Waals surface area contributed by atoms with Gasteiger partial charge in [0.1, 0.15) is 6.33 Å². The molecule has 27 heavy (non-hydrogen) atoms. The summed E-state index contributed by atoms with van der Waals surface area (Å²) in [6.07, 6.45) is 7.97. The molecule has 1 N–H and O–H groups in total. The van der Waals surface area contributed by atoms with E-state index in [0.29, 0.717) is 18.4 Å². The highest BCUT2D eigenvalue weighted by atomic mass is 35.5. The molecule has 2 unspecified atom stereocenters. The van der Waals surface area contributed by atoms with E-state index in [0.717, 1.165) is 43.5 Å². The van der Waals surface area contributed by atoms with Crippen molar-refractivity contribution < 1.29 is 4.79 Å². The lowest BCUT2D eigenvalue weighted by atomic mass is 9.46. The van der Waals surface area contributed by atoms with Crippen molar-refractivity contribution in [3.63, 3.8) is 0 Å². The Kier molecular flexibility index (Phi) is 3.70. The van der Waals surface area contributed by atoms with Crippen LogP contribution < -0.4 is 5.32 Å². The van der Waals surface area contributed by atoms with Crippen LogP contribution in [0.1, 0.15) is 49.9 Å². The molecule has 0 aromatic carbocycles. The van der Waals surface area contributed by atoms with E-state index >= 15 is 0 Å². The van der Waals surface area contributed by atoms with Gasteiger partial charge in [-0.1, -0.05) is 0 Å². The summed E-state index contributed by atoms with van der Waals surface area (Å²) in [5, 5.41) is 12.3. The molecular formula is C19H25ClN6O. The molecule has 144 valence electrons. The summed E-state index contributed by atoms with van der Waals surface area (Å²) in [5.41, 5.74) is 1.60. The second kappa shape index (κ2) is 5.80. The summed E-state index contributed by atoms with van der Waals surface area (Å²) in [4.78, 5) is 17.5. The molecule has 4 fully saturated rings. The zero-order valence-electron chi connectivity index (χ0n) is 15.8. The average molecular weight is 389 g/mol. The summed E-state index contributed by atoms with van der Waals surface area (Å²) in [6, 6.07) is 2.03. The van der Waals surface area contributed by atoms with Crippen LogP contribution >= 0.6 is 11.6 Å². The Bertz CT molecular complexity index is 888. The molecule has 0 spiro atoms. The topological polar surface area (TPSA) is 77.6 Å². The van der Waals surface area contributed by atoms with E-state index < -0.39 is 0 Å². The number of nitrogens with zero attached hydrogens (tertiary/aromatic N) is 5. The maximum absolute atomic E-state index is 13.4. The molecule has 4 bridgehead atoms. The minimum atomic E-state index is -0.295. The molecule has 0 radical (unpaired) electrons. The first-order chi connectivity index (χ1) is 12.9. The van der Waals surface area contributed by atoms with Crippen LogP contribution in [0.5, 0.6) is 0 Å². The summed E-state index contributed by atoms with van der Waals surface area (Å²) >= 11 is 6.00. The normalized spacial score (nSPS) is 34.2. The highest BCUT2D eigenvalue weighted by molar-refractivity contribution is 6.28. The van der Waals surface area contributed by atoms with E-state index in [2.05, 4.69) is 20.5 Å². The molecule has 4 aliphatic carbocycles. The largest absolute Gasteiger partial charge is 0.350 e. The summed E-state index contributed by atoms with van der Waals surface area (Å²) < 4.78 is 3.80. The molecule has 7 nitrogen and oxygen atoms in total. The molecular weight excluding hydrogens is 364 g/mol. The van der Waals surface area contributed by atoms with Crippen molar-refractivity contribution >= 4 is 17.5 Å². The first-order valence-electron chi connectivity index (χ1n) is 9.73. The maximum Gasteiger partial charge on any atom is 0.242 e. The molecule has 2 heterocycles. The molecule has 6 rings (SSSR count). The summed E-state index contributed by atoms with van der Waals surface area (Å²) in [5.74, 6) is 1.35. The van der Waals surface area contributed by atoms with Gasteiger partial charge in [0, 0.05) is 7.05 Å². The average Bonchev–Trinajstić information content (AvgIpc) is 3.17. The second-order valence-corrected chi connectivity index (χ2v) is 9.35. The van der Waals surface area contributed by atoms with Crippen LogP contribution in [0.2, 0.25) is 5.28 Å². The molecule has 0 aliphatic heterocycles. The fraction of sp³-hybridized carbons (Fsp3) is 0.684. The summed E-state index contributed by atoms with van der Waals surface area (Å²) in [6.45, 7) is 2.49. The Hall–Kier alpha value is -1.89. The third-order valence-electron chi connectivity index (χ3n) is 6.99. The van der Waals surface area contributed by atoms with Crippen molar-refractivity contribution in [1.29, 1.82) is 0 Å². The number of halogens is 1. The Balaban J connectivity index is 1.40. The van der Waals surface area contributed by atoms with Crippen LogP contribution in [0.15, 0.2) is 12.4 Å². The lowest BCUT2D eigenvalue weighted by Crippen LogP contribution is -2.61. The van der Waals surface area contributed by atoms with Crippen molar-refractivity contribution in [2.45, 2.75) is 57.5 Å². The number of carbonyl (C=O) groups excluding carboxylic acids is 1. The van der Waals surface area contributed by atoms with Crippen LogP contribution in [0.25, 0.3) is 0 Å². The lowest BCUT2D eigenvalue weighted by Gasteiger charge is -2.60. The monoisotopic (exact) mass is 388 g/mol. The third-order valence-corrected chi connectivity index (χ3v) is 7.16. The summed E-state index contributed by atoms with van der Waals surface area (Å²) in [7, 11) is 1.92. The van der Waals surface area contributed by atoms with E-state index in [1.54, 1.807) is 6.33 Å². The molecule has 4 aliphatic rings. The van der Waals surface area contributed by atoms with Gasteiger partial charge in [-0.3, -0.25) is 9.48 Å². The quantitative estimate of drug-likeness (QED) is 0.873. The van der Waals surface area contributed by atoms with Crippen LogP contribution in [0.4, 0.5) is 0 Å². The molecule has 1 amide bonds. The number of rotatable bonds is 4. The van der Waals surface area contributed by atoms with E-state index in [1.165, 1.54) is 6.42 Å². The highest BCUT2D eigenvalue weighted by Gasteiger charge is 2.61.